The fraction of sp³-hybridized carbons (Fsp3) is 0.591. The van der Waals surface area contributed by atoms with Gasteiger partial charge in [0.15, 0.2) is 5.96 Å². The molecule has 1 heterocycles. The van der Waals surface area contributed by atoms with Crippen LogP contribution in [0, 0.1) is 18.8 Å². The van der Waals surface area contributed by atoms with Crippen LogP contribution in [0.3, 0.4) is 0 Å². The Morgan fingerprint density at radius 1 is 1.25 bits per heavy atom. The van der Waals surface area contributed by atoms with Gasteiger partial charge in [-0.15, -0.1) is 24.0 Å². The summed E-state index contributed by atoms with van der Waals surface area (Å²) in [7, 11) is 0. The van der Waals surface area contributed by atoms with Crippen LogP contribution < -0.4 is 10.6 Å². The Hall–Kier alpha value is -1.28. The number of nitrogens with one attached hydrogen (secondary N) is 3. The van der Waals surface area contributed by atoms with E-state index in [-0.39, 0.29) is 30.6 Å². The fourth-order valence-corrected chi connectivity index (χ4v) is 3.58. The van der Waals surface area contributed by atoms with Gasteiger partial charge in [0.25, 0.3) is 0 Å². The second kappa shape index (κ2) is 13.0. The Balaban J connectivity index is 0.00000392. The van der Waals surface area contributed by atoms with E-state index in [1.54, 1.807) is 0 Å². The van der Waals surface area contributed by atoms with Crippen LogP contribution in [0.5, 0.6) is 0 Å². The first-order chi connectivity index (χ1) is 13.0. The second-order valence-corrected chi connectivity index (χ2v) is 7.72. The lowest BCUT2D eigenvalue weighted by Crippen LogP contribution is -2.38. The van der Waals surface area contributed by atoms with Crippen molar-refractivity contribution in [1.82, 2.24) is 15.6 Å². The number of aryl methyl sites for hydroxylation is 1. The van der Waals surface area contributed by atoms with Crippen molar-refractivity contribution in [2.45, 2.75) is 47.0 Å². The molecule has 158 valence electrons. The molecule has 5 nitrogen and oxygen atoms in total. The number of rotatable bonds is 10. The van der Waals surface area contributed by atoms with Gasteiger partial charge in [-0.1, -0.05) is 32.0 Å². The Kier molecular flexibility index (Phi) is 11.5. The van der Waals surface area contributed by atoms with Gasteiger partial charge in [-0.05, 0) is 56.1 Å². The third-order valence-corrected chi connectivity index (χ3v) is 4.89. The molecule has 0 aliphatic heterocycles. The van der Waals surface area contributed by atoms with Crippen LogP contribution in [0.1, 0.15) is 44.7 Å². The standard InChI is InChI=1S/C22H36N4O.HI/c1-5-23-22(26-14-18(10-12-27)13-16(2)3)24-11-9-19-15-25-21-17(4)7-6-8-20(19)21;/h6-8,15-16,18,25,27H,5,9-14H2,1-4H3,(H2,23,24,26);1H. The first kappa shape index (κ1) is 24.8. The summed E-state index contributed by atoms with van der Waals surface area (Å²) in [6.07, 6.45) is 4.97. The molecular formula is C22H37IN4O. The highest BCUT2D eigenvalue weighted by atomic mass is 127. The summed E-state index contributed by atoms with van der Waals surface area (Å²) in [5, 5.41) is 17.4. The number of aliphatic imine (C=N–C) groups is 1. The van der Waals surface area contributed by atoms with E-state index in [0.717, 1.165) is 44.9 Å². The molecule has 28 heavy (non-hydrogen) atoms. The van der Waals surface area contributed by atoms with E-state index in [1.165, 1.54) is 22.0 Å². The van der Waals surface area contributed by atoms with Gasteiger partial charge in [-0.25, -0.2) is 0 Å². The Morgan fingerprint density at radius 2 is 2.04 bits per heavy atom. The molecule has 0 bridgehead atoms. The summed E-state index contributed by atoms with van der Waals surface area (Å²) in [5.74, 6) is 1.92. The number of hydrogen-bond donors (Lipinski definition) is 4. The lowest BCUT2D eigenvalue weighted by molar-refractivity contribution is 0.245. The number of nitrogens with zero attached hydrogens (tertiary/aromatic N) is 1. The van der Waals surface area contributed by atoms with E-state index in [2.05, 4.69) is 67.7 Å². The van der Waals surface area contributed by atoms with Gasteiger partial charge in [-0.3, -0.25) is 4.99 Å². The molecule has 0 amide bonds. The summed E-state index contributed by atoms with van der Waals surface area (Å²) in [4.78, 5) is 8.15. The normalized spacial score (nSPS) is 12.9. The number of halogens is 1. The number of hydrogen-bond acceptors (Lipinski definition) is 2. The van der Waals surface area contributed by atoms with Gasteiger partial charge in [0.1, 0.15) is 0 Å². The van der Waals surface area contributed by atoms with E-state index >= 15 is 0 Å². The lowest BCUT2D eigenvalue weighted by Gasteiger charge is -2.17. The number of benzene rings is 1. The van der Waals surface area contributed by atoms with Crippen molar-refractivity contribution >= 4 is 40.8 Å². The molecule has 1 aromatic heterocycles. The molecule has 0 saturated heterocycles. The van der Waals surface area contributed by atoms with Crippen LogP contribution >= 0.6 is 24.0 Å². The van der Waals surface area contributed by atoms with Crippen LogP contribution in [0.2, 0.25) is 0 Å². The summed E-state index contributed by atoms with van der Waals surface area (Å²) in [6, 6.07) is 6.43. The average molecular weight is 500 g/mol. The number of aliphatic hydroxyl groups excluding tert-OH is 1. The van der Waals surface area contributed by atoms with Crippen LogP contribution in [-0.4, -0.2) is 42.3 Å². The Morgan fingerprint density at radius 3 is 2.71 bits per heavy atom. The molecule has 1 aromatic carbocycles. The van der Waals surface area contributed by atoms with E-state index in [0.29, 0.717) is 11.8 Å². The monoisotopic (exact) mass is 500 g/mol. The number of aromatic nitrogens is 1. The summed E-state index contributed by atoms with van der Waals surface area (Å²) < 4.78 is 0. The van der Waals surface area contributed by atoms with Gasteiger partial charge in [0, 0.05) is 43.3 Å². The molecule has 2 aromatic rings. The highest BCUT2D eigenvalue weighted by molar-refractivity contribution is 14.0. The van der Waals surface area contributed by atoms with E-state index in [9.17, 15) is 5.11 Å². The second-order valence-electron chi connectivity index (χ2n) is 7.72. The Bertz CT molecular complexity index is 726. The van der Waals surface area contributed by atoms with Gasteiger partial charge < -0.3 is 20.7 Å². The number of H-pyrrole nitrogens is 1. The van der Waals surface area contributed by atoms with Crippen molar-refractivity contribution in [3.05, 3.63) is 35.5 Å². The van der Waals surface area contributed by atoms with Crippen molar-refractivity contribution in [2.24, 2.45) is 16.8 Å². The van der Waals surface area contributed by atoms with E-state index in [4.69, 9.17) is 4.99 Å². The van der Waals surface area contributed by atoms with Crippen LogP contribution in [0.25, 0.3) is 10.9 Å². The molecule has 6 heteroatoms. The molecule has 2 rings (SSSR count). The first-order valence-electron chi connectivity index (χ1n) is 10.2. The predicted molar refractivity (Wildman–Crippen MR) is 131 cm³/mol. The number of aromatic amines is 1. The van der Waals surface area contributed by atoms with E-state index < -0.39 is 0 Å². The third kappa shape index (κ3) is 7.62. The third-order valence-electron chi connectivity index (χ3n) is 4.89. The Labute approximate surface area is 186 Å². The molecule has 4 N–H and O–H groups in total. The molecule has 0 aliphatic carbocycles. The van der Waals surface area contributed by atoms with Crippen LogP contribution in [-0.2, 0) is 6.42 Å². The van der Waals surface area contributed by atoms with Crippen molar-refractivity contribution in [3.8, 4) is 0 Å². The van der Waals surface area contributed by atoms with Gasteiger partial charge in [0.05, 0.1) is 0 Å². The summed E-state index contributed by atoms with van der Waals surface area (Å²) in [5.41, 5.74) is 3.84. The zero-order valence-corrected chi connectivity index (χ0v) is 20.0. The molecule has 1 atom stereocenters. The number of aliphatic hydroxyl groups is 1. The molecule has 0 spiro atoms. The summed E-state index contributed by atoms with van der Waals surface area (Å²) in [6.45, 7) is 11.3. The maximum Gasteiger partial charge on any atom is 0.191 e. The molecule has 0 aliphatic rings. The molecular weight excluding hydrogens is 463 g/mol. The zero-order valence-electron chi connectivity index (χ0n) is 17.7. The molecule has 0 fully saturated rings. The molecule has 0 saturated carbocycles. The quantitative estimate of drug-likeness (QED) is 0.224. The predicted octanol–water partition coefficient (Wildman–Crippen LogP) is 4.24. The van der Waals surface area contributed by atoms with Gasteiger partial charge in [-0.2, -0.15) is 0 Å². The topological polar surface area (TPSA) is 72.4 Å². The largest absolute Gasteiger partial charge is 0.396 e. The van der Waals surface area contributed by atoms with Crippen molar-refractivity contribution < 1.29 is 5.11 Å². The fourth-order valence-electron chi connectivity index (χ4n) is 3.58. The SMILES string of the molecule is CCNC(=NCC(CCO)CC(C)C)NCCc1c[nH]c2c(C)cccc12.I. The maximum atomic E-state index is 9.29. The summed E-state index contributed by atoms with van der Waals surface area (Å²) >= 11 is 0. The van der Waals surface area contributed by atoms with Gasteiger partial charge in [0.2, 0.25) is 0 Å². The highest BCUT2D eigenvalue weighted by Gasteiger charge is 2.11. The smallest absolute Gasteiger partial charge is 0.191 e. The van der Waals surface area contributed by atoms with Crippen LogP contribution in [0.15, 0.2) is 29.4 Å². The first-order valence-corrected chi connectivity index (χ1v) is 10.2. The van der Waals surface area contributed by atoms with Crippen molar-refractivity contribution in [1.29, 1.82) is 0 Å². The minimum absolute atomic E-state index is 0. The minimum Gasteiger partial charge on any atom is -0.396 e. The lowest BCUT2D eigenvalue weighted by atomic mass is 9.94. The minimum atomic E-state index is 0. The zero-order chi connectivity index (χ0) is 19.6. The highest BCUT2D eigenvalue weighted by Crippen LogP contribution is 2.21. The number of fused-ring (bicyclic) bond motifs is 1. The van der Waals surface area contributed by atoms with Crippen molar-refractivity contribution in [3.63, 3.8) is 0 Å². The number of para-hydroxylation sites is 1. The molecule has 0 radical (unpaired) electrons. The van der Waals surface area contributed by atoms with E-state index in [1.807, 2.05) is 0 Å². The average Bonchev–Trinajstić information content (AvgIpc) is 3.04. The van der Waals surface area contributed by atoms with Gasteiger partial charge >= 0.3 is 0 Å². The maximum absolute atomic E-state index is 9.29. The van der Waals surface area contributed by atoms with Crippen molar-refractivity contribution in [2.75, 3.05) is 26.2 Å². The van der Waals surface area contributed by atoms with Crippen LogP contribution in [0.4, 0.5) is 0 Å². The molecule has 1 unspecified atom stereocenters. The number of guanidine groups is 1.